The van der Waals surface area contributed by atoms with Crippen molar-refractivity contribution in [3.05, 3.63) is 31.6 Å². The van der Waals surface area contributed by atoms with Crippen molar-refractivity contribution in [1.29, 1.82) is 0 Å². The van der Waals surface area contributed by atoms with Crippen LogP contribution in [0.4, 0.5) is 5.95 Å². The standard InChI is InChI=1S/C11H13N5O/c1-3-5-12-11-15-9-8(13-7-14-9)10(16-11)17-6-4-2/h3-4,7H,1-2,5-6H2,(H2,12,13,14,15,16). The number of H-pyrrole nitrogens is 1. The van der Waals surface area contributed by atoms with Crippen molar-refractivity contribution in [2.45, 2.75) is 0 Å². The van der Waals surface area contributed by atoms with Gasteiger partial charge in [-0.1, -0.05) is 18.7 Å². The summed E-state index contributed by atoms with van der Waals surface area (Å²) in [6.45, 7) is 8.17. The molecular formula is C11H13N5O. The van der Waals surface area contributed by atoms with Crippen molar-refractivity contribution in [2.24, 2.45) is 0 Å². The molecule has 0 aromatic carbocycles. The first-order chi connectivity index (χ1) is 8.35. The molecule has 2 aromatic heterocycles. The summed E-state index contributed by atoms with van der Waals surface area (Å²) in [6, 6.07) is 0. The van der Waals surface area contributed by atoms with E-state index >= 15 is 0 Å². The first-order valence-corrected chi connectivity index (χ1v) is 5.14. The van der Waals surface area contributed by atoms with Crippen LogP contribution in [0.2, 0.25) is 0 Å². The van der Waals surface area contributed by atoms with Crippen LogP contribution in [-0.2, 0) is 0 Å². The van der Waals surface area contributed by atoms with Crippen LogP contribution >= 0.6 is 0 Å². The molecule has 0 saturated carbocycles. The van der Waals surface area contributed by atoms with E-state index in [2.05, 4.69) is 38.4 Å². The SMILES string of the molecule is C=CCNc1nc(OCC=C)c2[nH]cnc2n1. The number of fused-ring (bicyclic) bond motifs is 1. The monoisotopic (exact) mass is 231 g/mol. The van der Waals surface area contributed by atoms with Gasteiger partial charge >= 0.3 is 0 Å². The highest BCUT2D eigenvalue weighted by Crippen LogP contribution is 2.20. The second-order valence-corrected chi connectivity index (χ2v) is 3.22. The molecule has 0 unspecified atom stereocenters. The van der Waals surface area contributed by atoms with Crippen molar-refractivity contribution in [2.75, 3.05) is 18.5 Å². The zero-order valence-electron chi connectivity index (χ0n) is 9.31. The topological polar surface area (TPSA) is 75.7 Å². The van der Waals surface area contributed by atoms with Gasteiger partial charge in [0, 0.05) is 6.54 Å². The predicted octanol–water partition coefficient (Wildman–Crippen LogP) is 1.52. The lowest BCUT2D eigenvalue weighted by atomic mass is 10.5. The lowest BCUT2D eigenvalue weighted by Gasteiger charge is -2.06. The van der Waals surface area contributed by atoms with E-state index in [1.54, 1.807) is 18.5 Å². The van der Waals surface area contributed by atoms with E-state index in [1.807, 2.05) is 0 Å². The summed E-state index contributed by atoms with van der Waals surface area (Å²) < 4.78 is 5.44. The Kier molecular flexibility index (Phi) is 3.34. The van der Waals surface area contributed by atoms with E-state index in [-0.39, 0.29) is 0 Å². The number of ether oxygens (including phenoxy) is 1. The number of aromatic nitrogens is 4. The third-order valence-electron chi connectivity index (χ3n) is 1.99. The summed E-state index contributed by atoms with van der Waals surface area (Å²) in [6.07, 6.45) is 4.93. The van der Waals surface area contributed by atoms with Gasteiger partial charge in [-0.05, 0) is 0 Å². The molecule has 2 rings (SSSR count). The van der Waals surface area contributed by atoms with Crippen molar-refractivity contribution in [3.63, 3.8) is 0 Å². The molecule has 0 fully saturated rings. The largest absolute Gasteiger partial charge is 0.472 e. The van der Waals surface area contributed by atoms with Crippen LogP contribution in [0, 0.1) is 0 Å². The molecule has 6 heteroatoms. The van der Waals surface area contributed by atoms with Gasteiger partial charge in [0.1, 0.15) is 12.1 Å². The van der Waals surface area contributed by atoms with Gasteiger partial charge in [0.2, 0.25) is 11.8 Å². The maximum absolute atomic E-state index is 5.44. The van der Waals surface area contributed by atoms with Gasteiger partial charge in [0.15, 0.2) is 5.65 Å². The van der Waals surface area contributed by atoms with Crippen molar-refractivity contribution in [3.8, 4) is 5.88 Å². The van der Waals surface area contributed by atoms with Gasteiger partial charge in [0.05, 0.1) is 6.33 Å². The van der Waals surface area contributed by atoms with E-state index < -0.39 is 0 Å². The minimum absolute atomic E-state index is 0.381. The maximum Gasteiger partial charge on any atom is 0.245 e. The molecule has 2 heterocycles. The Hall–Kier alpha value is -2.37. The number of hydrogen-bond acceptors (Lipinski definition) is 5. The van der Waals surface area contributed by atoms with Crippen molar-refractivity contribution >= 4 is 17.1 Å². The van der Waals surface area contributed by atoms with E-state index in [4.69, 9.17) is 4.74 Å². The average molecular weight is 231 g/mol. The molecule has 0 amide bonds. The van der Waals surface area contributed by atoms with E-state index in [0.29, 0.717) is 36.1 Å². The summed E-state index contributed by atoms with van der Waals surface area (Å²) in [5.41, 5.74) is 1.24. The van der Waals surface area contributed by atoms with Crippen molar-refractivity contribution in [1.82, 2.24) is 19.9 Å². The van der Waals surface area contributed by atoms with Crippen LogP contribution in [0.1, 0.15) is 0 Å². The fourth-order valence-corrected chi connectivity index (χ4v) is 1.29. The Morgan fingerprint density at radius 3 is 3.00 bits per heavy atom. The van der Waals surface area contributed by atoms with Crippen LogP contribution in [-0.4, -0.2) is 33.1 Å². The van der Waals surface area contributed by atoms with Crippen LogP contribution in [0.5, 0.6) is 5.88 Å². The molecule has 17 heavy (non-hydrogen) atoms. The number of hydrogen-bond donors (Lipinski definition) is 2. The smallest absolute Gasteiger partial charge is 0.245 e. The Labute approximate surface area is 98.5 Å². The molecule has 0 aliphatic carbocycles. The minimum Gasteiger partial charge on any atom is -0.472 e. The lowest BCUT2D eigenvalue weighted by molar-refractivity contribution is 0.353. The number of nitrogens with one attached hydrogen (secondary N) is 2. The van der Waals surface area contributed by atoms with Crippen molar-refractivity contribution < 1.29 is 4.74 Å². The normalized spacial score (nSPS) is 10.1. The van der Waals surface area contributed by atoms with Crippen LogP contribution in [0.25, 0.3) is 11.2 Å². The van der Waals surface area contributed by atoms with Gasteiger partial charge in [-0.3, -0.25) is 0 Å². The second-order valence-electron chi connectivity index (χ2n) is 3.22. The summed E-state index contributed by atoms with van der Waals surface area (Å²) in [4.78, 5) is 15.5. The third kappa shape index (κ3) is 2.41. The molecule has 0 aliphatic rings. The van der Waals surface area contributed by atoms with E-state index in [0.717, 1.165) is 0 Å². The Balaban J connectivity index is 2.35. The number of aromatic amines is 1. The molecular weight excluding hydrogens is 218 g/mol. The summed E-state index contributed by atoms with van der Waals surface area (Å²) >= 11 is 0. The molecule has 6 nitrogen and oxygen atoms in total. The Bertz CT molecular complexity index is 534. The third-order valence-corrected chi connectivity index (χ3v) is 1.99. The summed E-state index contributed by atoms with van der Waals surface area (Å²) in [5.74, 6) is 0.919. The van der Waals surface area contributed by atoms with Crippen LogP contribution < -0.4 is 10.1 Å². The first-order valence-electron chi connectivity index (χ1n) is 5.14. The molecule has 0 spiro atoms. The van der Waals surface area contributed by atoms with Crippen LogP contribution in [0.3, 0.4) is 0 Å². The fraction of sp³-hybridized carbons (Fsp3) is 0.182. The van der Waals surface area contributed by atoms with E-state index in [9.17, 15) is 0 Å². The Morgan fingerprint density at radius 1 is 1.35 bits per heavy atom. The van der Waals surface area contributed by atoms with E-state index in [1.165, 1.54) is 0 Å². The molecule has 88 valence electrons. The Morgan fingerprint density at radius 2 is 2.24 bits per heavy atom. The molecule has 0 bridgehead atoms. The molecule has 2 N–H and O–H groups in total. The van der Waals surface area contributed by atoms with Gasteiger partial charge in [-0.15, -0.1) is 6.58 Å². The minimum atomic E-state index is 0.381. The highest BCUT2D eigenvalue weighted by Gasteiger charge is 2.10. The van der Waals surface area contributed by atoms with Gasteiger partial charge in [-0.25, -0.2) is 4.98 Å². The lowest BCUT2D eigenvalue weighted by Crippen LogP contribution is -2.05. The van der Waals surface area contributed by atoms with Crippen LogP contribution in [0.15, 0.2) is 31.6 Å². The summed E-state index contributed by atoms with van der Waals surface area (Å²) in [7, 11) is 0. The zero-order valence-corrected chi connectivity index (χ0v) is 9.31. The molecule has 0 radical (unpaired) electrons. The number of anilines is 1. The first kappa shape index (κ1) is 11.1. The predicted molar refractivity (Wildman–Crippen MR) is 66.1 cm³/mol. The number of imidazole rings is 1. The molecule has 2 aromatic rings. The van der Waals surface area contributed by atoms with Gasteiger partial charge < -0.3 is 15.0 Å². The highest BCUT2D eigenvalue weighted by molar-refractivity contribution is 5.76. The maximum atomic E-state index is 5.44. The molecule has 0 atom stereocenters. The molecule has 0 aliphatic heterocycles. The number of nitrogens with zero attached hydrogens (tertiary/aromatic N) is 3. The highest BCUT2D eigenvalue weighted by atomic mass is 16.5. The second kappa shape index (κ2) is 5.11. The number of rotatable bonds is 6. The zero-order chi connectivity index (χ0) is 12.1. The average Bonchev–Trinajstić information content (AvgIpc) is 2.81. The quantitative estimate of drug-likeness (QED) is 0.737. The fourth-order valence-electron chi connectivity index (χ4n) is 1.29. The van der Waals surface area contributed by atoms with Gasteiger partial charge in [-0.2, -0.15) is 9.97 Å². The molecule has 0 saturated heterocycles. The van der Waals surface area contributed by atoms with Gasteiger partial charge in [0.25, 0.3) is 0 Å². The summed E-state index contributed by atoms with van der Waals surface area (Å²) in [5, 5.41) is 2.99.